The third-order valence-corrected chi connectivity index (χ3v) is 6.91. The van der Waals surface area contributed by atoms with Crippen LogP contribution in [-0.4, -0.2) is 80.0 Å². The monoisotopic (exact) mass is 564 g/mol. The highest BCUT2D eigenvalue weighted by molar-refractivity contribution is 6.11. The average Bonchev–Trinajstić information content (AvgIpc) is 3.42. The fraction of sp³-hybridized carbons (Fsp3) is 0.367. The zero-order valence-electron chi connectivity index (χ0n) is 23.7. The summed E-state index contributed by atoms with van der Waals surface area (Å²) < 4.78 is 24.1. The van der Waals surface area contributed by atoms with E-state index in [1.54, 1.807) is 39.3 Å². The van der Waals surface area contributed by atoms with Crippen LogP contribution in [0, 0.1) is 0 Å². The van der Waals surface area contributed by atoms with Crippen LogP contribution in [0.1, 0.15) is 28.5 Å². The first-order chi connectivity index (χ1) is 19.8. The van der Waals surface area contributed by atoms with Gasteiger partial charge in [-0.2, -0.15) is 5.10 Å². The Bertz CT molecular complexity index is 1340. The molecule has 218 valence electrons. The molecule has 11 heteroatoms. The van der Waals surface area contributed by atoms with Crippen LogP contribution in [0.4, 0.5) is 21.6 Å². The number of aromatic nitrogens is 2. The first-order valence-corrected chi connectivity index (χ1v) is 13.5. The van der Waals surface area contributed by atoms with E-state index in [1.807, 2.05) is 24.3 Å². The number of carbonyl (C=O) groups is 2. The molecule has 41 heavy (non-hydrogen) atoms. The second-order valence-corrected chi connectivity index (χ2v) is 9.95. The van der Waals surface area contributed by atoms with Crippen molar-refractivity contribution in [2.24, 2.45) is 0 Å². The molecule has 0 spiro atoms. The molecule has 2 heterocycles. The van der Waals surface area contributed by atoms with E-state index in [9.17, 15) is 14.0 Å². The predicted molar refractivity (Wildman–Crippen MR) is 158 cm³/mol. The van der Waals surface area contributed by atoms with Gasteiger partial charge in [0.05, 0.1) is 25.5 Å². The lowest BCUT2D eigenvalue weighted by Gasteiger charge is -2.36. The highest BCUT2D eigenvalue weighted by Crippen LogP contribution is 2.27. The molecule has 0 saturated carbocycles. The largest absolute Gasteiger partial charge is 0.497 e. The number of benzene rings is 2. The Morgan fingerprint density at radius 2 is 1.76 bits per heavy atom. The number of nitrogens with zero attached hydrogens (tertiary/aromatic N) is 3. The van der Waals surface area contributed by atoms with Gasteiger partial charge in [-0.25, -0.2) is 4.39 Å². The van der Waals surface area contributed by atoms with Crippen molar-refractivity contribution < 1.29 is 23.5 Å². The molecular weight excluding hydrogens is 527 g/mol. The first kappa shape index (κ1) is 29.6. The predicted octanol–water partition coefficient (Wildman–Crippen LogP) is 4.07. The molecule has 3 N–H and O–H groups in total. The molecule has 1 aliphatic rings. The number of amides is 2. The Morgan fingerprint density at radius 1 is 1.05 bits per heavy atom. The third kappa shape index (κ3) is 8.07. The lowest BCUT2D eigenvalue weighted by molar-refractivity contribution is -0.111. The van der Waals surface area contributed by atoms with Crippen molar-refractivity contribution >= 4 is 29.0 Å². The summed E-state index contributed by atoms with van der Waals surface area (Å²) in [6.07, 6.45) is 1.65. The van der Waals surface area contributed by atoms with E-state index in [-0.39, 0.29) is 0 Å². The summed E-state index contributed by atoms with van der Waals surface area (Å²) in [5, 5.41) is 12.8. The number of alkyl halides is 1. The molecule has 2 amide bonds. The molecule has 1 atom stereocenters. The van der Waals surface area contributed by atoms with Gasteiger partial charge >= 0.3 is 0 Å². The Balaban J connectivity index is 1.43. The Hall–Kier alpha value is -4.38. The van der Waals surface area contributed by atoms with Gasteiger partial charge in [-0.1, -0.05) is 6.58 Å². The van der Waals surface area contributed by atoms with E-state index >= 15 is 0 Å². The van der Waals surface area contributed by atoms with Crippen LogP contribution in [0.15, 0.2) is 55.1 Å². The maximum absolute atomic E-state index is 13.4. The van der Waals surface area contributed by atoms with Crippen molar-refractivity contribution in [2.45, 2.75) is 25.9 Å². The number of methoxy groups -OCH3 is 2. The fourth-order valence-corrected chi connectivity index (χ4v) is 4.79. The minimum absolute atomic E-state index is 0.293. The molecule has 10 nitrogen and oxygen atoms in total. The number of hydrogen-bond donors (Lipinski definition) is 3. The maximum Gasteiger partial charge on any atom is 0.258 e. The van der Waals surface area contributed by atoms with E-state index in [0.717, 1.165) is 47.6 Å². The van der Waals surface area contributed by atoms with Gasteiger partial charge in [-0.15, -0.1) is 0 Å². The van der Waals surface area contributed by atoms with Crippen LogP contribution in [0.2, 0.25) is 0 Å². The van der Waals surface area contributed by atoms with Gasteiger partial charge in [0.25, 0.3) is 5.91 Å². The normalized spacial score (nSPS) is 14.3. The Labute approximate surface area is 239 Å². The number of piperazine rings is 1. The number of aryl methyl sites for hydroxylation is 2. The molecule has 4 rings (SSSR count). The summed E-state index contributed by atoms with van der Waals surface area (Å²) in [6.45, 7) is 8.39. The quantitative estimate of drug-likeness (QED) is 0.285. The molecule has 1 fully saturated rings. The zero-order valence-corrected chi connectivity index (χ0v) is 23.7. The highest BCUT2D eigenvalue weighted by Gasteiger charge is 2.21. The number of carbonyl (C=O) groups excluding carboxylic acids is 2. The van der Waals surface area contributed by atoms with Gasteiger partial charge in [0.15, 0.2) is 5.82 Å². The van der Waals surface area contributed by atoms with Gasteiger partial charge in [-0.05, 0) is 61.7 Å². The highest BCUT2D eigenvalue weighted by atomic mass is 19.1. The minimum atomic E-state index is -0.872. The summed E-state index contributed by atoms with van der Waals surface area (Å²) >= 11 is 0. The molecule has 0 aliphatic carbocycles. The molecule has 1 aliphatic heterocycles. The van der Waals surface area contributed by atoms with E-state index in [1.165, 1.54) is 0 Å². The molecule has 2 aromatic carbocycles. The molecule has 1 saturated heterocycles. The van der Waals surface area contributed by atoms with Crippen molar-refractivity contribution in [2.75, 3.05) is 62.5 Å². The van der Waals surface area contributed by atoms with Crippen LogP contribution >= 0.6 is 0 Å². The molecule has 0 bridgehead atoms. The van der Waals surface area contributed by atoms with Crippen LogP contribution in [0.5, 0.6) is 11.5 Å². The minimum Gasteiger partial charge on any atom is -0.497 e. The number of rotatable bonds is 12. The van der Waals surface area contributed by atoms with Gasteiger partial charge < -0.3 is 25.0 Å². The number of nitrogens with one attached hydrogen (secondary N) is 3. The van der Waals surface area contributed by atoms with Crippen LogP contribution in [0.3, 0.4) is 0 Å². The van der Waals surface area contributed by atoms with E-state index < -0.39 is 18.0 Å². The number of ether oxygens (including phenoxy) is 2. The topological polar surface area (TPSA) is 112 Å². The summed E-state index contributed by atoms with van der Waals surface area (Å²) in [7, 11) is 3.23. The number of aromatic amines is 1. The van der Waals surface area contributed by atoms with Gasteiger partial charge in [-0.3, -0.25) is 19.6 Å². The molecular formula is C30H37FN6O4. The lowest BCUT2D eigenvalue weighted by Crippen LogP contribution is -2.47. The van der Waals surface area contributed by atoms with Crippen LogP contribution in [0.25, 0.3) is 0 Å². The lowest BCUT2D eigenvalue weighted by atomic mass is 10.1. The maximum atomic E-state index is 13.4. The van der Waals surface area contributed by atoms with E-state index in [0.29, 0.717) is 49.5 Å². The molecule has 0 radical (unpaired) electrons. The van der Waals surface area contributed by atoms with Crippen LogP contribution < -0.4 is 25.0 Å². The fourth-order valence-electron chi connectivity index (χ4n) is 4.79. The SMILES string of the molecule is C=CC(=O)Nc1cc(N2CCN(CC(C)F)CC2)ccc1C(=O)Nc1cc(CCc2cc(OC)cc(OC)c2)[nH]n1. The first-order valence-electron chi connectivity index (χ1n) is 13.5. The van der Waals surface area contributed by atoms with Crippen molar-refractivity contribution in [1.82, 2.24) is 15.1 Å². The second-order valence-electron chi connectivity index (χ2n) is 9.95. The number of H-pyrrole nitrogens is 1. The Morgan fingerprint density at radius 3 is 2.39 bits per heavy atom. The van der Waals surface area contributed by atoms with Crippen molar-refractivity contribution in [3.63, 3.8) is 0 Å². The molecule has 3 aromatic rings. The standard InChI is InChI=1S/C30H37FN6O4/c1-5-29(38)32-27-17-23(37-12-10-36(11-13-37)19-20(2)31)8-9-26(27)30(39)33-28-16-22(34-35-28)7-6-21-14-24(40-3)18-25(15-21)41-4/h5,8-9,14-18,20H,1,6-7,10-13,19H2,2-4H3,(H,32,38)(H2,33,34,35,39). The van der Waals surface area contributed by atoms with Crippen molar-refractivity contribution in [3.05, 3.63) is 71.9 Å². The van der Waals surface area contributed by atoms with Gasteiger partial charge in [0.2, 0.25) is 5.91 Å². The number of hydrogen-bond acceptors (Lipinski definition) is 7. The molecule has 1 aromatic heterocycles. The van der Waals surface area contributed by atoms with Gasteiger partial charge in [0.1, 0.15) is 17.7 Å². The summed E-state index contributed by atoms with van der Waals surface area (Å²) in [4.78, 5) is 29.7. The second kappa shape index (κ2) is 13.8. The number of halogens is 1. The third-order valence-electron chi connectivity index (χ3n) is 6.91. The number of anilines is 3. The Kier molecular flexibility index (Phi) is 9.96. The zero-order chi connectivity index (χ0) is 29.4. The van der Waals surface area contributed by atoms with E-state index in [2.05, 4.69) is 37.2 Å². The summed E-state index contributed by atoms with van der Waals surface area (Å²) in [5.74, 6) is 0.978. The summed E-state index contributed by atoms with van der Waals surface area (Å²) in [6, 6.07) is 12.8. The average molecular weight is 565 g/mol. The van der Waals surface area contributed by atoms with Crippen molar-refractivity contribution in [1.29, 1.82) is 0 Å². The summed E-state index contributed by atoms with van der Waals surface area (Å²) in [5.41, 5.74) is 3.42. The van der Waals surface area contributed by atoms with E-state index in [4.69, 9.17) is 9.47 Å². The van der Waals surface area contributed by atoms with Crippen LogP contribution in [-0.2, 0) is 17.6 Å². The van der Waals surface area contributed by atoms with Gasteiger partial charge in [0, 0.05) is 56.2 Å². The van der Waals surface area contributed by atoms with Crippen molar-refractivity contribution in [3.8, 4) is 11.5 Å². The molecule has 1 unspecified atom stereocenters. The smallest absolute Gasteiger partial charge is 0.258 e.